The highest BCUT2D eigenvalue weighted by atomic mass is 35.5. The van der Waals surface area contributed by atoms with Crippen molar-refractivity contribution in [1.82, 2.24) is 0 Å². The van der Waals surface area contributed by atoms with E-state index >= 15 is 0 Å². The van der Waals surface area contributed by atoms with Crippen molar-refractivity contribution in [2.45, 2.75) is 0 Å². The Morgan fingerprint density at radius 3 is 2.27 bits per heavy atom. The van der Waals surface area contributed by atoms with Crippen LogP contribution in [0, 0.1) is 6.92 Å². The maximum atomic E-state index is 6.12. The van der Waals surface area contributed by atoms with E-state index in [1.54, 1.807) is 6.07 Å². The monoisotopic (exact) mass is 235 g/mol. The van der Waals surface area contributed by atoms with Crippen LogP contribution in [0.3, 0.4) is 0 Å². The quantitative estimate of drug-likeness (QED) is 0.664. The molecule has 2 aromatic carbocycles. The van der Waals surface area contributed by atoms with Gasteiger partial charge in [0.25, 0.3) is 0 Å². The van der Waals surface area contributed by atoms with Crippen molar-refractivity contribution in [2.24, 2.45) is 0 Å². The van der Waals surface area contributed by atoms with E-state index in [1.165, 1.54) is 0 Å². The van der Waals surface area contributed by atoms with Crippen LogP contribution in [0.15, 0.2) is 42.5 Å². The highest BCUT2D eigenvalue weighted by Crippen LogP contribution is 2.31. The van der Waals surface area contributed by atoms with Gasteiger partial charge in [0.1, 0.15) is 0 Å². The zero-order valence-corrected chi connectivity index (χ0v) is 9.52. The lowest BCUT2D eigenvalue weighted by Gasteiger charge is -2.07. The van der Waals surface area contributed by atoms with E-state index in [1.807, 2.05) is 36.4 Å². The predicted molar refractivity (Wildman–Crippen MR) is 66.4 cm³/mol. The van der Waals surface area contributed by atoms with Gasteiger partial charge in [-0.25, -0.2) is 0 Å². The molecule has 0 aliphatic heterocycles. The Kier molecular flexibility index (Phi) is 2.99. The summed E-state index contributed by atoms with van der Waals surface area (Å²) in [4.78, 5) is 0. The molecule has 0 bridgehead atoms. The fourth-order valence-electron chi connectivity index (χ4n) is 1.49. The largest absolute Gasteiger partial charge is 0.0843 e. The summed E-state index contributed by atoms with van der Waals surface area (Å²) >= 11 is 12.0. The first kappa shape index (κ1) is 10.5. The van der Waals surface area contributed by atoms with Crippen LogP contribution >= 0.6 is 23.2 Å². The average Bonchev–Trinajstić information content (AvgIpc) is 2.20. The Morgan fingerprint density at radius 1 is 0.867 bits per heavy atom. The van der Waals surface area contributed by atoms with Crippen LogP contribution in [0.1, 0.15) is 5.56 Å². The summed E-state index contributed by atoms with van der Waals surface area (Å²) in [5.74, 6) is 0. The summed E-state index contributed by atoms with van der Waals surface area (Å²) in [6.45, 7) is 3.97. The third-order valence-corrected chi connectivity index (χ3v) is 2.79. The highest BCUT2D eigenvalue weighted by Gasteiger charge is 2.05. The summed E-state index contributed by atoms with van der Waals surface area (Å²) < 4.78 is 0. The Hall–Kier alpha value is -0.980. The van der Waals surface area contributed by atoms with Crippen molar-refractivity contribution < 1.29 is 0 Å². The van der Waals surface area contributed by atoms with Gasteiger partial charge in [-0.1, -0.05) is 53.5 Å². The van der Waals surface area contributed by atoms with Gasteiger partial charge in [-0.15, -0.1) is 0 Å². The van der Waals surface area contributed by atoms with Gasteiger partial charge in [-0.3, -0.25) is 0 Å². The molecule has 0 N–H and O–H groups in total. The van der Waals surface area contributed by atoms with Gasteiger partial charge in [-0.05, 0) is 30.2 Å². The number of rotatable bonds is 1. The Balaban J connectivity index is 2.60. The van der Waals surface area contributed by atoms with E-state index in [2.05, 4.69) is 6.92 Å². The van der Waals surface area contributed by atoms with Gasteiger partial charge in [0.15, 0.2) is 0 Å². The molecule has 0 amide bonds. The summed E-state index contributed by atoms with van der Waals surface area (Å²) in [6.07, 6.45) is 0. The van der Waals surface area contributed by atoms with Crippen molar-refractivity contribution in [3.8, 4) is 11.1 Å². The fraction of sp³-hybridized carbons (Fsp3) is 0. The number of hydrogen-bond acceptors (Lipinski definition) is 0. The van der Waals surface area contributed by atoms with Crippen molar-refractivity contribution in [3.63, 3.8) is 0 Å². The second-order valence-electron chi connectivity index (χ2n) is 3.28. The normalized spacial score (nSPS) is 10.3. The van der Waals surface area contributed by atoms with E-state index in [9.17, 15) is 0 Å². The molecule has 0 aliphatic carbocycles. The SMILES string of the molecule is [CH2]c1ccccc1-c1ccc(Cl)cc1Cl. The highest BCUT2D eigenvalue weighted by molar-refractivity contribution is 6.36. The summed E-state index contributed by atoms with van der Waals surface area (Å²) in [7, 11) is 0. The molecule has 75 valence electrons. The lowest BCUT2D eigenvalue weighted by molar-refractivity contribution is 1.56. The maximum absolute atomic E-state index is 6.12. The Bertz CT molecular complexity index is 490. The lowest BCUT2D eigenvalue weighted by Crippen LogP contribution is -1.83. The van der Waals surface area contributed by atoms with E-state index in [-0.39, 0.29) is 0 Å². The summed E-state index contributed by atoms with van der Waals surface area (Å²) in [6, 6.07) is 13.4. The molecule has 0 spiro atoms. The van der Waals surface area contributed by atoms with Crippen molar-refractivity contribution >= 4 is 23.2 Å². The first-order valence-corrected chi connectivity index (χ1v) is 5.30. The second kappa shape index (κ2) is 4.26. The van der Waals surface area contributed by atoms with Crippen LogP contribution in [0.25, 0.3) is 11.1 Å². The van der Waals surface area contributed by atoms with Crippen LogP contribution in [0.4, 0.5) is 0 Å². The van der Waals surface area contributed by atoms with Gasteiger partial charge in [-0.2, -0.15) is 0 Å². The van der Waals surface area contributed by atoms with Gasteiger partial charge in [0.05, 0.1) is 0 Å². The van der Waals surface area contributed by atoms with Crippen LogP contribution in [-0.4, -0.2) is 0 Å². The molecule has 0 aliphatic rings. The molecule has 0 atom stereocenters. The topological polar surface area (TPSA) is 0 Å². The number of halogens is 2. The fourth-order valence-corrected chi connectivity index (χ4v) is 2.00. The smallest absolute Gasteiger partial charge is 0.0499 e. The molecule has 0 nitrogen and oxygen atoms in total. The molecule has 0 heterocycles. The Morgan fingerprint density at radius 2 is 1.60 bits per heavy atom. The van der Waals surface area contributed by atoms with Crippen molar-refractivity contribution in [3.05, 3.63) is 65.0 Å². The molecule has 2 rings (SSSR count). The second-order valence-corrected chi connectivity index (χ2v) is 4.12. The third kappa shape index (κ3) is 2.17. The minimum atomic E-state index is 0.644. The number of hydrogen-bond donors (Lipinski definition) is 0. The van der Waals surface area contributed by atoms with Crippen LogP contribution < -0.4 is 0 Å². The average molecular weight is 236 g/mol. The van der Waals surface area contributed by atoms with Crippen molar-refractivity contribution in [2.75, 3.05) is 0 Å². The molecule has 0 saturated heterocycles. The summed E-state index contributed by atoms with van der Waals surface area (Å²) in [5, 5.41) is 1.30. The molecule has 0 aromatic heterocycles. The molecular weight excluding hydrogens is 227 g/mol. The minimum absolute atomic E-state index is 0.644. The first-order chi connectivity index (χ1) is 7.18. The lowest BCUT2D eigenvalue weighted by atomic mass is 10.0. The standard InChI is InChI=1S/C13H9Cl2/c1-9-4-2-3-5-11(9)12-7-6-10(14)8-13(12)15/h2-8H,1H2. The molecule has 1 radical (unpaired) electrons. The van der Waals surface area contributed by atoms with Crippen LogP contribution in [0.2, 0.25) is 10.0 Å². The molecule has 0 unspecified atom stereocenters. The van der Waals surface area contributed by atoms with E-state index < -0.39 is 0 Å². The molecule has 0 saturated carbocycles. The van der Waals surface area contributed by atoms with Gasteiger partial charge in [0, 0.05) is 15.6 Å². The molecule has 2 heteroatoms. The minimum Gasteiger partial charge on any atom is -0.0843 e. The summed E-state index contributed by atoms with van der Waals surface area (Å²) in [5.41, 5.74) is 2.97. The predicted octanol–water partition coefficient (Wildman–Crippen LogP) is 4.84. The zero-order chi connectivity index (χ0) is 10.8. The van der Waals surface area contributed by atoms with Gasteiger partial charge >= 0.3 is 0 Å². The van der Waals surface area contributed by atoms with Crippen molar-refractivity contribution in [1.29, 1.82) is 0 Å². The molecule has 0 fully saturated rings. The van der Waals surface area contributed by atoms with E-state index in [0.29, 0.717) is 10.0 Å². The number of benzene rings is 2. The molecule has 2 aromatic rings. The zero-order valence-electron chi connectivity index (χ0n) is 8.00. The van der Waals surface area contributed by atoms with Gasteiger partial charge < -0.3 is 0 Å². The van der Waals surface area contributed by atoms with Crippen LogP contribution in [0.5, 0.6) is 0 Å². The van der Waals surface area contributed by atoms with E-state index in [0.717, 1.165) is 16.7 Å². The van der Waals surface area contributed by atoms with Crippen LogP contribution in [-0.2, 0) is 0 Å². The first-order valence-electron chi connectivity index (χ1n) is 4.55. The Labute approximate surface area is 99.5 Å². The van der Waals surface area contributed by atoms with E-state index in [4.69, 9.17) is 23.2 Å². The van der Waals surface area contributed by atoms with Gasteiger partial charge in [0.2, 0.25) is 0 Å². The maximum Gasteiger partial charge on any atom is 0.0499 e. The third-order valence-electron chi connectivity index (χ3n) is 2.24. The molecule has 15 heavy (non-hydrogen) atoms. The molecular formula is C13H9Cl2.